The van der Waals surface area contributed by atoms with E-state index in [9.17, 15) is 13.2 Å². The van der Waals surface area contributed by atoms with E-state index in [4.69, 9.17) is 5.26 Å². The minimum absolute atomic E-state index is 0.0882. The first-order valence-electron chi connectivity index (χ1n) is 9.79. The lowest BCUT2D eigenvalue weighted by molar-refractivity contribution is 0.102. The van der Waals surface area contributed by atoms with Crippen molar-refractivity contribution < 1.29 is 13.2 Å². The highest BCUT2D eigenvalue weighted by Crippen LogP contribution is 2.24. The molecule has 4 rings (SSSR count). The fourth-order valence-corrected chi connectivity index (χ4v) is 4.09. The van der Waals surface area contributed by atoms with Crippen molar-refractivity contribution in [3.8, 4) is 17.5 Å². The van der Waals surface area contributed by atoms with Gasteiger partial charge in [-0.1, -0.05) is 31.2 Å². The van der Waals surface area contributed by atoms with Crippen LogP contribution < -0.4 is 5.32 Å². The molecule has 4 aromatic rings. The minimum Gasteiger partial charge on any atom is -0.338 e. The maximum atomic E-state index is 12.8. The number of sulfone groups is 1. The summed E-state index contributed by atoms with van der Waals surface area (Å²) in [5, 5.41) is 11.4. The highest BCUT2D eigenvalue weighted by molar-refractivity contribution is 7.90. The topological polar surface area (TPSA) is 129 Å². The van der Waals surface area contributed by atoms with Gasteiger partial charge in [-0.05, 0) is 36.2 Å². The number of fused-ring (bicyclic) bond motifs is 1. The van der Waals surface area contributed by atoms with Gasteiger partial charge in [-0.25, -0.2) is 18.4 Å². The highest BCUT2D eigenvalue weighted by atomic mass is 32.2. The summed E-state index contributed by atoms with van der Waals surface area (Å²) in [7, 11) is -3.76. The predicted molar refractivity (Wildman–Crippen MR) is 121 cm³/mol. The number of nitriles is 1. The summed E-state index contributed by atoms with van der Waals surface area (Å²) in [5.41, 5.74) is 3.96. The van der Waals surface area contributed by atoms with Crippen molar-refractivity contribution in [1.82, 2.24) is 15.0 Å². The molecule has 2 aromatic heterocycles. The molecule has 0 unspecified atom stereocenters. The molecule has 0 bridgehead atoms. The average molecular weight is 446 g/mol. The van der Waals surface area contributed by atoms with Gasteiger partial charge < -0.3 is 10.3 Å². The zero-order valence-corrected chi connectivity index (χ0v) is 18.2. The van der Waals surface area contributed by atoms with E-state index < -0.39 is 15.7 Å². The summed E-state index contributed by atoms with van der Waals surface area (Å²) in [5.74, 6) is 0.0284. The van der Waals surface area contributed by atoms with Gasteiger partial charge in [-0.3, -0.25) is 4.79 Å². The molecule has 9 heteroatoms. The van der Waals surface area contributed by atoms with Gasteiger partial charge in [0.05, 0.1) is 22.2 Å². The van der Waals surface area contributed by atoms with Crippen LogP contribution in [0.3, 0.4) is 0 Å². The highest BCUT2D eigenvalue weighted by Gasteiger charge is 2.21. The van der Waals surface area contributed by atoms with Gasteiger partial charge in [0.25, 0.3) is 5.91 Å². The summed E-state index contributed by atoms with van der Waals surface area (Å²) in [4.78, 5) is 24.5. The average Bonchev–Trinajstić information content (AvgIpc) is 3.21. The van der Waals surface area contributed by atoms with Crippen LogP contribution in [0.4, 0.5) is 5.69 Å². The van der Waals surface area contributed by atoms with Gasteiger partial charge in [-0.15, -0.1) is 0 Å². The quantitative estimate of drug-likeness (QED) is 0.482. The van der Waals surface area contributed by atoms with Crippen LogP contribution in [0.5, 0.6) is 0 Å². The van der Waals surface area contributed by atoms with Crippen LogP contribution in [0.25, 0.3) is 22.4 Å². The number of hydrogen-bond donors (Lipinski definition) is 2. The van der Waals surface area contributed by atoms with Crippen LogP contribution in [0.2, 0.25) is 0 Å². The van der Waals surface area contributed by atoms with Crippen molar-refractivity contribution in [3.63, 3.8) is 0 Å². The largest absolute Gasteiger partial charge is 0.338 e. The SMILES string of the molecule is CCc1ccc(-c2nc3ccc(NC(=O)c4cc(C#N)cnc4S(C)(=O)=O)cc3[nH]2)cc1. The molecule has 0 fully saturated rings. The van der Waals surface area contributed by atoms with E-state index in [0.29, 0.717) is 17.0 Å². The second-order valence-electron chi connectivity index (χ2n) is 7.28. The van der Waals surface area contributed by atoms with Gasteiger partial charge >= 0.3 is 0 Å². The normalized spacial score (nSPS) is 11.3. The summed E-state index contributed by atoms with van der Waals surface area (Å²) < 4.78 is 24.0. The monoisotopic (exact) mass is 445 g/mol. The number of rotatable bonds is 5. The third kappa shape index (κ3) is 4.22. The Morgan fingerprint density at radius 3 is 2.56 bits per heavy atom. The fraction of sp³-hybridized carbons (Fsp3) is 0.130. The molecular weight excluding hydrogens is 426 g/mol. The summed E-state index contributed by atoms with van der Waals surface area (Å²) in [6, 6.07) is 16.3. The van der Waals surface area contributed by atoms with E-state index in [2.05, 4.69) is 39.3 Å². The second kappa shape index (κ2) is 8.24. The Balaban J connectivity index is 1.65. The number of imidazole rings is 1. The Labute approximate surface area is 184 Å². The number of pyridine rings is 1. The number of carbonyl (C=O) groups is 1. The van der Waals surface area contributed by atoms with Crippen molar-refractivity contribution in [2.45, 2.75) is 18.4 Å². The molecule has 0 aliphatic heterocycles. The number of benzene rings is 2. The number of carbonyl (C=O) groups excluding carboxylic acids is 1. The lowest BCUT2D eigenvalue weighted by atomic mass is 10.1. The molecular formula is C23H19N5O3S. The fourth-order valence-electron chi connectivity index (χ4n) is 3.29. The minimum atomic E-state index is -3.76. The van der Waals surface area contributed by atoms with Gasteiger partial charge in [0, 0.05) is 23.7 Å². The molecule has 1 amide bonds. The number of amides is 1. The van der Waals surface area contributed by atoms with Crippen LogP contribution in [-0.4, -0.2) is 35.5 Å². The molecule has 160 valence electrons. The van der Waals surface area contributed by atoms with Crippen LogP contribution in [0, 0.1) is 11.3 Å². The molecule has 0 radical (unpaired) electrons. The molecule has 2 aromatic carbocycles. The van der Waals surface area contributed by atoms with Crippen molar-refractivity contribution in [2.75, 3.05) is 11.6 Å². The van der Waals surface area contributed by atoms with Crippen molar-refractivity contribution >= 4 is 32.5 Å². The van der Waals surface area contributed by atoms with Crippen LogP contribution in [-0.2, 0) is 16.3 Å². The number of aryl methyl sites for hydroxylation is 1. The third-order valence-corrected chi connectivity index (χ3v) is 5.98. The molecule has 0 saturated heterocycles. The summed E-state index contributed by atoms with van der Waals surface area (Å²) >= 11 is 0. The lowest BCUT2D eigenvalue weighted by Crippen LogP contribution is -2.17. The number of anilines is 1. The Morgan fingerprint density at radius 1 is 1.16 bits per heavy atom. The number of nitrogens with zero attached hydrogens (tertiary/aromatic N) is 3. The van der Waals surface area contributed by atoms with Crippen LogP contribution in [0.1, 0.15) is 28.4 Å². The molecule has 0 aliphatic rings. The summed E-state index contributed by atoms with van der Waals surface area (Å²) in [6.45, 7) is 2.09. The van der Waals surface area contributed by atoms with E-state index in [1.807, 2.05) is 18.2 Å². The van der Waals surface area contributed by atoms with Crippen molar-refractivity contribution in [2.24, 2.45) is 0 Å². The van der Waals surface area contributed by atoms with Crippen molar-refractivity contribution in [1.29, 1.82) is 5.26 Å². The first kappa shape index (κ1) is 21.2. The molecule has 8 nitrogen and oxygen atoms in total. The maximum absolute atomic E-state index is 12.8. The van der Waals surface area contributed by atoms with Crippen LogP contribution >= 0.6 is 0 Å². The molecule has 32 heavy (non-hydrogen) atoms. The first-order chi connectivity index (χ1) is 15.3. The lowest BCUT2D eigenvalue weighted by Gasteiger charge is -2.09. The smallest absolute Gasteiger partial charge is 0.258 e. The Bertz CT molecular complexity index is 1480. The molecule has 0 aliphatic carbocycles. The third-order valence-electron chi connectivity index (χ3n) is 4.95. The van der Waals surface area contributed by atoms with E-state index in [1.54, 1.807) is 18.2 Å². The molecule has 0 saturated carbocycles. The van der Waals surface area contributed by atoms with Crippen molar-refractivity contribution in [3.05, 3.63) is 71.4 Å². The number of H-pyrrole nitrogens is 1. The van der Waals surface area contributed by atoms with Gasteiger partial charge in [0.15, 0.2) is 14.9 Å². The molecule has 0 atom stereocenters. The van der Waals surface area contributed by atoms with E-state index in [1.165, 1.54) is 11.6 Å². The Morgan fingerprint density at radius 2 is 1.91 bits per heavy atom. The zero-order valence-electron chi connectivity index (χ0n) is 17.4. The van der Waals surface area contributed by atoms with Gasteiger partial charge in [0.1, 0.15) is 11.9 Å². The number of aromatic amines is 1. The first-order valence-corrected chi connectivity index (χ1v) is 11.7. The second-order valence-corrected chi connectivity index (χ2v) is 9.21. The zero-order chi connectivity index (χ0) is 22.9. The number of aromatic nitrogens is 3. The van der Waals surface area contributed by atoms with E-state index in [-0.39, 0.29) is 16.2 Å². The van der Waals surface area contributed by atoms with E-state index >= 15 is 0 Å². The number of nitrogens with one attached hydrogen (secondary N) is 2. The predicted octanol–water partition coefficient (Wildman–Crippen LogP) is 3.71. The maximum Gasteiger partial charge on any atom is 0.258 e. The Hall–Kier alpha value is -4.03. The van der Waals surface area contributed by atoms with Crippen LogP contribution in [0.15, 0.2) is 59.8 Å². The number of hydrogen-bond acceptors (Lipinski definition) is 6. The standard InChI is InChI=1S/C23H19N5O3S/c1-3-14-4-6-16(7-5-14)21-27-19-9-8-17(11-20(19)28-21)26-22(29)18-10-15(12-24)13-25-23(18)32(2,30)31/h4-11,13H,3H2,1-2H3,(H,26,29)(H,27,28). The van der Waals surface area contributed by atoms with E-state index in [0.717, 1.165) is 30.0 Å². The van der Waals surface area contributed by atoms with Gasteiger partial charge in [-0.2, -0.15) is 5.26 Å². The Kier molecular flexibility index (Phi) is 5.47. The van der Waals surface area contributed by atoms with Gasteiger partial charge in [0.2, 0.25) is 0 Å². The molecule has 0 spiro atoms. The molecule has 2 heterocycles. The molecule has 2 N–H and O–H groups in total. The summed E-state index contributed by atoms with van der Waals surface area (Å²) in [6.07, 6.45) is 3.04.